The van der Waals surface area contributed by atoms with Crippen LogP contribution in [0.2, 0.25) is 0 Å². The van der Waals surface area contributed by atoms with Gasteiger partial charge >= 0.3 is 12.2 Å². The molecule has 176 valence electrons. The van der Waals surface area contributed by atoms with Crippen LogP contribution in [0.3, 0.4) is 0 Å². The zero-order valence-corrected chi connectivity index (χ0v) is 18.0. The number of amidine groups is 1. The van der Waals surface area contributed by atoms with E-state index in [4.69, 9.17) is 4.74 Å². The summed E-state index contributed by atoms with van der Waals surface area (Å²) in [6.45, 7) is 6.19. The third-order valence-corrected chi connectivity index (χ3v) is 5.23. The molecule has 2 aromatic rings. The van der Waals surface area contributed by atoms with Crippen LogP contribution >= 0.6 is 0 Å². The number of aromatic nitrogens is 3. The molecule has 0 unspecified atom stereocenters. The van der Waals surface area contributed by atoms with Gasteiger partial charge in [0.1, 0.15) is 23.2 Å². The standard InChI is InChI=1S/C21H22F4N6O2/c1-13(21(23,24)25)12-27-20(26-3)33-17-8-5-11-30(14(17)2)19(32)18-15(22)6-4-7-16(18)31-28-9-10-29-31/h4,6-7,9-10,12,14,17H,3,5,8,11H2,1-2H3/b13-12+,27-20+/t14-,17+/m0/s1. The molecule has 33 heavy (non-hydrogen) atoms. The van der Waals surface area contributed by atoms with Crippen molar-refractivity contribution in [2.45, 2.75) is 45.0 Å². The van der Waals surface area contributed by atoms with Crippen LogP contribution in [0.25, 0.3) is 5.69 Å². The molecule has 3 rings (SSSR count). The zero-order valence-electron chi connectivity index (χ0n) is 18.0. The van der Waals surface area contributed by atoms with Gasteiger partial charge in [-0.05, 0) is 45.5 Å². The summed E-state index contributed by atoms with van der Waals surface area (Å²) in [5, 5.41) is 7.95. The van der Waals surface area contributed by atoms with Crippen LogP contribution < -0.4 is 0 Å². The summed E-state index contributed by atoms with van der Waals surface area (Å²) in [4.78, 5) is 23.1. The predicted molar refractivity (Wildman–Crippen MR) is 113 cm³/mol. The number of likely N-dealkylation sites (tertiary alicyclic amines) is 1. The van der Waals surface area contributed by atoms with Crippen LogP contribution in [0.1, 0.15) is 37.0 Å². The Hall–Kier alpha value is -3.57. The molecule has 0 spiro atoms. The number of aliphatic imine (C=N–C) groups is 2. The van der Waals surface area contributed by atoms with E-state index in [9.17, 15) is 22.4 Å². The number of amides is 1. The van der Waals surface area contributed by atoms with Crippen molar-refractivity contribution in [1.29, 1.82) is 0 Å². The molecule has 1 aromatic heterocycles. The highest BCUT2D eigenvalue weighted by atomic mass is 19.4. The first-order chi connectivity index (χ1) is 15.6. The second-order valence-corrected chi connectivity index (χ2v) is 7.37. The van der Waals surface area contributed by atoms with Crippen molar-refractivity contribution in [2.75, 3.05) is 6.54 Å². The first-order valence-electron chi connectivity index (χ1n) is 10.0. The Balaban J connectivity index is 1.83. The van der Waals surface area contributed by atoms with E-state index >= 15 is 0 Å². The lowest BCUT2D eigenvalue weighted by Crippen LogP contribution is -2.51. The van der Waals surface area contributed by atoms with E-state index in [-0.39, 0.29) is 17.3 Å². The molecule has 0 bridgehead atoms. The fourth-order valence-electron chi connectivity index (χ4n) is 3.40. The van der Waals surface area contributed by atoms with Crippen LogP contribution in [-0.4, -0.2) is 63.4 Å². The minimum absolute atomic E-state index is 0.183. The normalized spacial score (nSPS) is 20.0. The van der Waals surface area contributed by atoms with Gasteiger partial charge in [0.15, 0.2) is 0 Å². The van der Waals surface area contributed by atoms with Crippen molar-refractivity contribution in [1.82, 2.24) is 19.9 Å². The number of benzene rings is 1. The van der Waals surface area contributed by atoms with Gasteiger partial charge in [-0.25, -0.2) is 14.4 Å². The van der Waals surface area contributed by atoms with Crippen LogP contribution in [0.4, 0.5) is 17.6 Å². The van der Waals surface area contributed by atoms with Crippen molar-refractivity contribution >= 4 is 18.6 Å². The molecule has 1 fully saturated rings. The van der Waals surface area contributed by atoms with Gasteiger partial charge in [0.2, 0.25) is 0 Å². The molecule has 2 heterocycles. The lowest BCUT2D eigenvalue weighted by Gasteiger charge is -2.39. The fourth-order valence-corrected chi connectivity index (χ4v) is 3.40. The number of rotatable bonds is 4. The van der Waals surface area contributed by atoms with Gasteiger partial charge < -0.3 is 9.64 Å². The maximum Gasteiger partial charge on any atom is 0.413 e. The number of ether oxygens (including phenoxy) is 1. The summed E-state index contributed by atoms with van der Waals surface area (Å²) in [7, 11) is 0. The Labute approximate surface area is 187 Å². The van der Waals surface area contributed by atoms with Gasteiger partial charge in [0.05, 0.1) is 18.4 Å². The maximum absolute atomic E-state index is 14.7. The Morgan fingerprint density at radius 1 is 1.30 bits per heavy atom. The number of nitrogens with zero attached hydrogens (tertiary/aromatic N) is 6. The van der Waals surface area contributed by atoms with E-state index in [1.54, 1.807) is 6.92 Å². The summed E-state index contributed by atoms with van der Waals surface area (Å²) in [5.74, 6) is -1.31. The topological polar surface area (TPSA) is 85.0 Å². The molecule has 12 heteroatoms. The smallest absolute Gasteiger partial charge is 0.413 e. The molecule has 2 atom stereocenters. The average Bonchev–Trinajstić information content (AvgIpc) is 3.31. The Morgan fingerprint density at radius 3 is 2.64 bits per heavy atom. The largest absolute Gasteiger partial charge is 0.458 e. The molecule has 0 aliphatic carbocycles. The molecule has 1 aliphatic heterocycles. The monoisotopic (exact) mass is 466 g/mol. The van der Waals surface area contributed by atoms with E-state index in [2.05, 4.69) is 26.9 Å². The zero-order chi connectivity index (χ0) is 24.2. The Morgan fingerprint density at radius 2 is 2.00 bits per heavy atom. The molecule has 8 nitrogen and oxygen atoms in total. The number of halogens is 4. The molecular formula is C21H22F4N6O2. The van der Waals surface area contributed by atoms with Crippen molar-refractivity contribution in [3.05, 3.63) is 53.7 Å². The second kappa shape index (κ2) is 9.92. The third-order valence-electron chi connectivity index (χ3n) is 5.23. The van der Waals surface area contributed by atoms with Gasteiger partial charge in [-0.3, -0.25) is 4.79 Å². The van der Waals surface area contributed by atoms with Crippen molar-refractivity contribution in [2.24, 2.45) is 9.98 Å². The summed E-state index contributed by atoms with van der Waals surface area (Å²) in [6, 6.07) is 3.25. The van der Waals surface area contributed by atoms with Crippen LogP contribution in [-0.2, 0) is 4.74 Å². The molecule has 0 radical (unpaired) electrons. The summed E-state index contributed by atoms with van der Waals surface area (Å²) in [6.07, 6.45) is -0.737. The van der Waals surface area contributed by atoms with E-state index in [0.29, 0.717) is 25.6 Å². The van der Waals surface area contributed by atoms with Crippen molar-refractivity contribution < 1.29 is 27.1 Å². The third kappa shape index (κ3) is 5.44. The summed E-state index contributed by atoms with van der Waals surface area (Å²) >= 11 is 0. The van der Waals surface area contributed by atoms with E-state index in [1.807, 2.05) is 0 Å². The lowest BCUT2D eigenvalue weighted by molar-refractivity contribution is -0.0915. The molecular weight excluding hydrogens is 444 g/mol. The van der Waals surface area contributed by atoms with Crippen molar-refractivity contribution in [3.8, 4) is 5.69 Å². The van der Waals surface area contributed by atoms with Gasteiger partial charge in [0.25, 0.3) is 5.91 Å². The predicted octanol–water partition coefficient (Wildman–Crippen LogP) is 3.94. The van der Waals surface area contributed by atoms with Gasteiger partial charge in [-0.15, -0.1) is 0 Å². The number of hydrogen-bond donors (Lipinski definition) is 0. The van der Waals surface area contributed by atoms with Gasteiger partial charge in [-0.1, -0.05) is 6.07 Å². The molecule has 0 saturated carbocycles. The number of piperidine rings is 1. The second-order valence-electron chi connectivity index (χ2n) is 7.37. The minimum Gasteiger partial charge on any atom is -0.458 e. The number of allylic oxidation sites excluding steroid dienone is 1. The maximum atomic E-state index is 14.7. The average molecular weight is 466 g/mol. The van der Waals surface area contributed by atoms with Crippen LogP contribution in [0.5, 0.6) is 0 Å². The van der Waals surface area contributed by atoms with E-state index in [1.165, 1.54) is 35.5 Å². The highest BCUT2D eigenvalue weighted by Gasteiger charge is 2.36. The number of carbonyl (C=O) groups is 1. The highest BCUT2D eigenvalue weighted by molar-refractivity contribution is 5.98. The first kappa shape index (κ1) is 24.1. The van der Waals surface area contributed by atoms with E-state index in [0.717, 1.165) is 11.7 Å². The summed E-state index contributed by atoms with van der Waals surface area (Å²) in [5.41, 5.74) is -0.941. The minimum atomic E-state index is -4.53. The Kier molecular flexibility index (Phi) is 7.24. The highest BCUT2D eigenvalue weighted by Crippen LogP contribution is 2.27. The lowest BCUT2D eigenvalue weighted by atomic mass is 9.98. The number of carbonyl (C=O) groups excluding carboxylic acids is 1. The molecule has 1 aliphatic rings. The molecule has 0 N–H and O–H groups in total. The number of hydrogen-bond acceptors (Lipinski definition) is 5. The van der Waals surface area contributed by atoms with Gasteiger partial charge in [-0.2, -0.15) is 28.2 Å². The van der Waals surface area contributed by atoms with Crippen LogP contribution in [0.15, 0.2) is 52.4 Å². The van der Waals surface area contributed by atoms with Crippen LogP contribution in [0, 0.1) is 5.82 Å². The van der Waals surface area contributed by atoms with Crippen molar-refractivity contribution in [3.63, 3.8) is 0 Å². The number of alkyl halides is 3. The Bertz CT molecular complexity index is 1070. The molecule has 1 amide bonds. The quantitative estimate of drug-likeness (QED) is 0.388. The SMILES string of the molecule is C=N/C(=N\C=C(/C)C(F)(F)F)O[C@@H]1CCCN(C(=O)c2c(F)cccc2-n2nccn2)[C@H]1C. The molecule has 1 saturated heterocycles. The fraction of sp³-hybridized carbons (Fsp3) is 0.381. The van der Waals surface area contributed by atoms with E-state index < -0.39 is 35.6 Å². The molecule has 1 aromatic carbocycles. The summed E-state index contributed by atoms with van der Waals surface area (Å²) < 4.78 is 58.4. The van der Waals surface area contributed by atoms with Gasteiger partial charge in [0, 0.05) is 18.3 Å². The first-order valence-corrected chi connectivity index (χ1v) is 10.0.